The highest BCUT2D eigenvalue weighted by molar-refractivity contribution is 5.78. The van der Waals surface area contributed by atoms with Gasteiger partial charge in [-0.2, -0.15) is 0 Å². The SMILES string of the molecule is C=CCCCCCCCCCCCC(C)CCCC.CCCCCC/C=C\CCC(=O)CCCCCCCCC. The largest absolute Gasteiger partial charge is 0.300 e. The molecular formula is C39H76O. The van der Waals surface area contributed by atoms with Crippen LogP contribution in [0, 0.1) is 5.92 Å². The van der Waals surface area contributed by atoms with Crippen LogP contribution in [0.2, 0.25) is 0 Å². The van der Waals surface area contributed by atoms with Crippen LogP contribution in [0.25, 0.3) is 0 Å². The van der Waals surface area contributed by atoms with Gasteiger partial charge in [0.05, 0.1) is 0 Å². The molecule has 0 spiro atoms. The number of carbonyl (C=O) groups excluding carboxylic acids is 1. The molecule has 0 radical (unpaired) electrons. The number of carbonyl (C=O) groups is 1. The Morgan fingerprint density at radius 1 is 0.500 bits per heavy atom. The Morgan fingerprint density at radius 3 is 1.50 bits per heavy atom. The first-order chi connectivity index (χ1) is 19.6. The molecule has 0 aromatic rings. The van der Waals surface area contributed by atoms with Crippen LogP contribution >= 0.6 is 0 Å². The Morgan fingerprint density at radius 2 is 0.925 bits per heavy atom. The zero-order chi connectivity index (χ0) is 29.8. The number of ketones is 1. The van der Waals surface area contributed by atoms with E-state index in [9.17, 15) is 4.79 Å². The summed E-state index contributed by atoms with van der Waals surface area (Å²) in [4.78, 5) is 11.7. The zero-order valence-corrected chi connectivity index (χ0v) is 28.4. The van der Waals surface area contributed by atoms with E-state index in [0.29, 0.717) is 5.78 Å². The van der Waals surface area contributed by atoms with E-state index in [1.54, 1.807) is 0 Å². The molecule has 0 saturated carbocycles. The molecule has 1 unspecified atom stereocenters. The molecule has 1 atom stereocenters. The molecule has 1 heteroatoms. The molecule has 0 saturated heterocycles. The lowest BCUT2D eigenvalue weighted by Crippen LogP contribution is -1.96. The molecule has 0 aromatic carbocycles. The van der Waals surface area contributed by atoms with Crippen LogP contribution in [0.4, 0.5) is 0 Å². The third-order valence-electron chi connectivity index (χ3n) is 8.20. The number of Topliss-reactive ketones (excluding diaryl/α,β-unsaturated/α-hetero) is 1. The van der Waals surface area contributed by atoms with Crippen molar-refractivity contribution in [2.24, 2.45) is 5.92 Å². The van der Waals surface area contributed by atoms with Gasteiger partial charge >= 0.3 is 0 Å². The topological polar surface area (TPSA) is 17.1 Å². The van der Waals surface area contributed by atoms with Crippen molar-refractivity contribution in [1.82, 2.24) is 0 Å². The normalized spacial score (nSPS) is 11.9. The van der Waals surface area contributed by atoms with E-state index in [4.69, 9.17) is 0 Å². The standard InChI is InChI=1S/C20H38O.C19H38/c1-3-5-7-9-11-13-15-17-19-20(21)18-16-14-12-10-8-6-4-2;1-4-6-8-9-10-11-12-13-14-15-16-18-19(3)17-7-5-2/h13,15H,3-12,14,16-19H2,1-2H3;4,19H,1,5-18H2,2-3H3/b15-13-;. The first-order valence-corrected chi connectivity index (χ1v) is 18.4. The summed E-state index contributed by atoms with van der Waals surface area (Å²) in [5, 5.41) is 0. The van der Waals surface area contributed by atoms with E-state index < -0.39 is 0 Å². The predicted molar refractivity (Wildman–Crippen MR) is 184 cm³/mol. The van der Waals surface area contributed by atoms with Crippen LogP contribution in [-0.2, 0) is 4.79 Å². The van der Waals surface area contributed by atoms with Crippen molar-refractivity contribution in [3.05, 3.63) is 24.8 Å². The second-order valence-electron chi connectivity index (χ2n) is 12.6. The van der Waals surface area contributed by atoms with E-state index in [1.165, 1.54) is 161 Å². The fourth-order valence-corrected chi connectivity index (χ4v) is 5.29. The maximum atomic E-state index is 11.7. The molecule has 0 amide bonds. The smallest absolute Gasteiger partial charge is 0.133 e. The maximum absolute atomic E-state index is 11.7. The fourth-order valence-electron chi connectivity index (χ4n) is 5.29. The molecule has 0 heterocycles. The molecule has 1 nitrogen and oxygen atoms in total. The van der Waals surface area contributed by atoms with Crippen molar-refractivity contribution >= 4 is 5.78 Å². The number of allylic oxidation sites excluding steroid dienone is 3. The third-order valence-corrected chi connectivity index (χ3v) is 8.20. The van der Waals surface area contributed by atoms with Gasteiger partial charge < -0.3 is 0 Å². The zero-order valence-electron chi connectivity index (χ0n) is 28.4. The summed E-state index contributed by atoms with van der Waals surface area (Å²) in [6, 6.07) is 0. The Labute approximate surface area is 254 Å². The fraction of sp³-hybridized carbons (Fsp3) is 0.872. The Bertz CT molecular complexity index is 505. The number of unbranched alkanes of at least 4 members (excludes halogenated alkanes) is 20. The maximum Gasteiger partial charge on any atom is 0.133 e. The molecule has 0 bridgehead atoms. The predicted octanol–water partition coefficient (Wildman–Crippen LogP) is 14.3. The minimum absolute atomic E-state index is 0.458. The van der Waals surface area contributed by atoms with Crippen LogP contribution in [0.15, 0.2) is 24.8 Å². The molecule has 0 aliphatic heterocycles. The first-order valence-electron chi connectivity index (χ1n) is 18.4. The summed E-state index contributed by atoms with van der Waals surface area (Å²) in [7, 11) is 0. The van der Waals surface area contributed by atoms with Gasteiger partial charge in [-0.25, -0.2) is 0 Å². The molecular weight excluding hydrogens is 484 g/mol. The van der Waals surface area contributed by atoms with Gasteiger partial charge in [0, 0.05) is 12.8 Å². The van der Waals surface area contributed by atoms with Gasteiger partial charge in [-0.3, -0.25) is 4.79 Å². The van der Waals surface area contributed by atoms with Crippen LogP contribution in [-0.4, -0.2) is 5.78 Å². The molecule has 0 N–H and O–H groups in total. The molecule has 0 aliphatic rings. The number of rotatable bonds is 31. The van der Waals surface area contributed by atoms with Gasteiger partial charge in [0.1, 0.15) is 5.78 Å². The van der Waals surface area contributed by atoms with Crippen molar-refractivity contribution < 1.29 is 4.79 Å². The number of hydrogen-bond acceptors (Lipinski definition) is 1. The van der Waals surface area contributed by atoms with E-state index >= 15 is 0 Å². The Balaban J connectivity index is 0. The molecule has 0 rings (SSSR count). The van der Waals surface area contributed by atoms with Gasteiger partial charge in [0.2, 0.25) is 0 Å². The molecule has 0 aliphatic carbocycles. The van der Waals surface area contributed by atoms with Crippen molar-refractivity contribution in [2.75, 3.05) is 0 Å². The van der Waals surface area contributed by atoms with Crippen molar-refractivity contribution in [3.8, 4) is 0 Å². The summed E-state index contributed by atoms with van der Waals surface area (Å²) in [6.45, 7) is 13.0. The first kappa shape index (κ1) is 41.3. The summed E-state index contributed by atoms with van der Waals surface area (Å²) in [5.41, 5.74) is 0. The lowest BCUT2D eigenvalue weighted by atomic mass is 9.97. The molecule has 40 heavy (non-hydrogen) atoms. The molecule has 238 valence electrons. The van der Waals surface area contributed by atoms with Gasteiger partial charge in [0.15, 0.2) is 0 Å². The highest BCUT2D eigenvalue weighted by atomic mass is 16.1. The lowest BCUT2D eigenvalue weighted by molar-refractivity contribution is -0.119. The van der Waals surface area contributed by atoms with Crippen molar-refractivity contribution in [1.29, 1.82) is 0 Å². The second-order valence-corrected chi connectivity index (χ2v) is 12.6. The van der Waals surface area contributed by atoms with Crippen LogP contribution in [0.5, 0.6) is 0 Å². The molecule has 0 fully saturated rings. The summed E-state index contributed by atoms with van der Waals surface area (Å²) in [6.07, 6.45) is 44.4. The average Bonchev–Trinajstić information content (AvgIpc) is 2.96. The van der Waals surface area contributed by atoms with Gasteiger partial charge in [-0.1, -0.05) is 181 Å². The number of hydrogen-bond donors (Lipinski definition) is 0. The highest BCUT2D eigenvalue weighted by Gasteiger charge is 2.01. The van der Waals surface area contributed by atoms with E-state index in [2.05, 4.69) is 46.4 Å². The average molecular weight is 561 g/mol. The lowest BCUT2D eigenvalue weighted by Gasteiger charge is -2.10. The van der Waals surface area contributed by atoms with Gasteiger partial charge in [-0.15, -0.1) is 6.58 Å². The minimum Gasteiger partial charge on any atom is -0.300 e. The van der Waals surface area contributed by atoms with E-state index in [-0.39, 0.29) is 0 Å². The summed E-state index contributed by atoms with van der Waals surface area (Å²) < 4.78 is 0. The van der Waals surface area contributed by atoms with E-state index in [1.807, 2.05) is 6.08 Å². The van der Waals surface area contributed by atoms with Crippen LogP contribution < -0.4 is 0 Å². The van der Waals surface area contributed by atoms with E-state index in [0.717, 1.165) is 31.6 Å². The summed E-state index contributed by atoms with van der Waals surface area (Å²) in [5.74, 6) is 1.42. The van der Waals surface area contributed by atoms with Crippen LogP contribution in [0.1, 0.15) is 214 Å². The quantitative estimate of drug-likeness (QED) is 0.0608. The minimum atomic E-state index is 0.458. The van der Waals surface area contributed by atoms with Gasteiger partial charge in [0.25, 0.3) is 0 Å². The van der Waals surface area contributed by atoms with Crippen LogP contribution in [0.3, 0.4) is 0 Å². The monoisotopic (exact) mass is 561 g/mol. The highest BCUT2D eigenvalue weighted by Crippen LogP contribution is 2.17. The Kier molecular flexibility index (Phi) is 39.4. The van der Waals surface area contributed by atoms with Crippen molar-refractivity contribution in [2.45, 2.75) is 214 Å². The Hall–Kier alpha value is -0.850. The van der Waals surface area contributed by atoms with Gasteiger partial charge in [-0.05, 0) is 44.4 Å². The second kappa shape index (κ2) is 38.1. The third kappa shape index (κ3) is 39.3. The van der Waals surface area contributed by atoms with Crippen molar-refractivity contribution in [3.63, 3.8) is 0 Å². The molecule has 0 aromatic heterocycles. The summed E-state index contributed by atoms with van der Waals surface area (Å²) >= 11 is 0.